The summed E-state index contributed by atoms with van der Waals surface area (Å²) in [5, 5.41) is 14.9. The quantitative estimate of drug-likeness (QED) is 0.0850. The van der Waals surface area contributed by atoms with Crippen LogP contribution in [0, 0.1) is 5.82 Å². The summed E-state index contributed by atoms with van der Waals surface area (Å²) < 4.78 is 105. The fourth-order valence-corrected chi connectivity index (χ4v) is 8.59. The summed E-state index contributed by atoms with van der Waals surface area (Å²) >= 11 is 0.579. The van der Waals surface area contributed by atoms with Crippen molar-refractivity contribution in [2.24, 2.45) is 0 Å². The van der Waals surface area contributed by atoms with Crippen molar-refractivity contribution in [2.45, 2.75) is 53.3 Å². The third kappa shape index (κ3) is 12.3. The highest BCUT2D eigenvalue weighted by Crippen LogP contribution is 2.31. The van der Waals surface area contributed by atoms with Crippen LogP contribution in [0.5, 0.6) is 0 Å². The number of thiazole rings is 2. The second-order valence-electron chi connectivity index (χ2n) is 11.4. The van der Waals surface area contributed by atoms with Crippen molar-refractivity contribution in [3.05, 3.63) is 113 Å². The van der Waals surface area contributed by atoms with Crippen LogP contribution in [0.15, 0.2) is 88.7 Å². The number of benzene rings is 1. The molecule has 6 heterocycles. The molecule has 6 aromatic heterocycles. The summed E-state index contributed by atoms with van der Waals surface area (Å²) in [4.78, 5) is 21.0. The van der Waals surface area contributed by atoms with E-state index in [1.54, 1.807) is 35.0 Å². The highest BCUT2D eigenvalue weighted by molar-refractivity contribution is 7.86. The number of nitrogens with zero attached hydrogens (tertiary/aromatic N) is 12. The van der Waals surface area contributed by atoms with Crippen molar-refractivity contribution in [2.75, 3.05) is 21.4 Å². The molecule has 318 valence electrons. The Balaban J connectivity index is 0.000000226. The normalized spacial score (nSPS) is 12.1. The molecule has 16 nitrogen and oxygen atoms in total. The molecule has 1 aromatic carbocycles. The van der Waals surface area contributed by atoms with E-state index in [2.05, 4.69) is 45.3 Å². The molecule has 60 heavy (non-hydrogen) atoms. The summed E-state index contributed by atoms with van der Waals surface area (Å²) in [6.45, 7) is 6.46. The smallest absolute Gasteiger partial charge is 0.314 e. The van der Waals surface area contributed by atoms with Gasteiger partial charge in [-0.05, 0) is 5.56 Å². The molecule has 7 aromatic rings. The van der Waals surface area contributed by atoms with Gasteiger partial charge in [0.05, 0.1) is 61.6 Å². The molecule has 2 atom stereocenters. The Labute approximate surface area is 352 Å². The molecule has 0 saturated heterocycles. The molecule has 2 unspecified atom stereocenters. The van der Waals surface area contributed by atoms with E-state index in [4.69, 9.17) is 8.83 Å². The van der Waals surface area contributed by atoms with E-state index in [0.717, 1.165) is 23.1 Å². The number of alkyl halides is 4. The van der Waals surface area contributed by atoms with Crippen LogP contribution < -0.4 is 8.61 Å². The van der Waals surface area contributed by atoms with Crippen molar-refractivity contribution >= 4 is 56.2 Å². The lowest BCUT2D eigenvalue weighted by atomic mass is 10.2. The Morgan fingerprint density at radius 3 is 1.73 bits per heavy atom. The van der Waals surface area contributed by atoms with Gasteiger partial charge in [0.15, 0.2) is 11.2 Å². The third-order valence-corrected chi connectivity index (χ3v) is 12.0. The van der Waals surface area contributed by atoms with E-state index in [-0.39, 0.29) is 24.9 Å². The summed E-state index contributed by atoms with van der Waals surface area (Å²) in [6.07, 6.45) is 4.11. The monoisotopic (exact) mass is 910 g/mol. The van der Waals surface area contributed by atoms with Gasteiger partial charge in [0.1, 0.15) is 42.9 Å². The highest BCUT2D eigenvalue weighted by Gasteiger charge is 2.24. The van der Waals surface area contributed by atoms with Gasteiger partial charge in [-0.15, -0.1) is 43.1 Å². The van der Waals surface area contributed by atoms with E-state index < -0.39 is 52.6 Å². The fraction of sp³-hybridized carbons (Fsp3) is 0.286. The molecule has 0 bridgehead atoms. The van der Waals surface area contributed by atoms with Gasteiger partial charge in [0, 0.05) is 25.4 Å². The first-order valence-corrected chi connectivity index (χ1v) is 21.6. The van der Waals surface area contributed by atoms with Gasteiger partial charge in [-0.3, -0.25) is 13.6 Å². The predicted molar refractivity (Wildman–Crippen MR) is 215 cm³/mol. The van der Waals surface area contributed by atoms with Crippen molar-refractivity contribution in [1.29, 1.82) is 0 Å². The molecule has 0 N–H and O–H groups in total. The zero-order chi connectivity index (χ0) is 43.2. The van der Waals surface area contributed by atoms with Crippen LogP contribution in [0.3, 0.4) is 0 Å². The number of aromatic nitrogens is 9. The molecule has 0 aliphatic carbocycles. The van der Waals surface area contributed by atoms with Gasteiger partial charge in [0.2, 0.25) is 0 Å². The summed E-state index contributed by atoms with van der Waals surface area (Å²) in [7, 11) is 0.397. The van der Waals surface area contributed by atoms with Crippen LogP contribution in [0.1, 0.15) is 61.0 Å². The standard InChI is InChI=1S/C20H17F3N6O2S2.C13H12F2N6O2S2.C2H6/c1-28(11-13-5-3-2-4-6-13)33(30)29(15-7-14(21)8-24-9-15)12-17-25-10-16(32-17)19-26-27-20(31-19)18(22)23;1-2-25(22)21(8-3-16-7-17-4-8)6-10-18-5-9(24-10)12-19-20-13(23-12)11(14)15;1-2/h2-10,18H,11-12H2,1H3;3-5,7,11H,2,6H2,1H3;1-2H3. The second kappa shape index (κ2) is 22.2. The highest BCUT2D eigenvalue weighted by atomic mass is 32.2. The zero-order valence-electron chi connectivity index (χ0n) is 32.0. The van der Waals surface area contributed by atoms with Crippen LogP contribution in [0.25, 0.3) is 21.5 Å². The van der Waals surface area contributed by atoms with Crippen LogP contribution in [-0.4, -0.2) is 70.8 Å². The fourth-order valence-electron chi connectivity index (χ4n) is 4.75. The van der Waals surface area contributed by atoms with E-state index >= 15 is 0 Å². The number of pyridine rings is 1. The first-order chi connectivity index (χ1) is 29.0. The van der Waals surface area contributed by atoms with Gasteiger partial charge in [0.25, 0.3) is 23.6 Å². The lowest BCUT2D eigenvalue weighted by molar-refractivity contribution is 0.115. The van der Waals surface area contributed by atoms with Gasteiger partial charge < -0.3 is 8.83 Å². The Morgan fingerprint density at radius 2 is 1.23 bits per heavy atom. The minimum absolute atomic E-state index is 0.0229. The maximum absolute atomic E-state index is 13.9. The number of anilines is 2. The minimum atomic E-state index is -2.88. The van der Waals surface area contributed by atoms with Gasteiger partial charge in [-0.1, -0.05) is 51.1 Å². The molecular weight excluding hydrogens is 876 g/mol. The van der Waals surface area contributed by atoms with Crippen LogP contribution in [-0.2, 0) is 41.8 Å². The molecular formula is C35H35F5N12O4S4. The van der Waals surface area contributed by atoms with Crippen molar-refractivity contribution in [1.82, 2.24) is 49.6 Å². The number of hydrogen-bond acceptors (Lipinski definition) is 15. The molecule has 0 radical (unpaired) electrons. The van der Waals surface area contributed by atoms with E-state index in [1.807, 2.05) is 44.2 Å². The first kappa shape index (κ1) is 45.6. The van der Waals surface area contributed by atoms with Crippen LogP contribution in [0.4, 0.5) is 33.3 Å². The number of rotatable bonds is 16. The Morgan fingerprint density at radius 1 is 0.700 bits per heavy atom. The van der Waals surface area contributed by atoms with Crippen LogP contribution >= 0.6 is 22.7 Å². The van der Waals surface area contributed by atoms with E-state index in [1.165, 1.54) is 46.6 Å². The van der Waals surface area contributed by atoms with E-state index in [0.29, 0.717) is 43.4 Å². The molecule has 0 saturated carbocycles. The predicted octanol–water partition coefficient (Wildman–Crippen LogP) is 8.02. The molecule has 0 fully saturated rings. The maximum atomic E-state index is 13.9. The van der Waals surface area contributed by atoms with Gasteiger partial charge >= 0.3 is 12.9 Å². The topological polar surface area (TPSA) is 186 Å². The minimum Gasteiger partial charge on any atom is -0.414 e. The van der Waals surface area contributed by atoms with Crippen LogP contribution in [0.2, 0.25) is 0 Å². The summed E-state index contributed by atoms with van der Waals surface area (Å²) in [5.74, 6) is -1.80. The number of halogens is 5. The van der Waals surface area contributed by atoms with E-state index in [9.17, 15) is 30.4 Å². The van der Waals surface area contributed by atoms with Gasteiger partial charge in [-0.2, -0.15) is 17.6 Å². The molecule has 7 rings (SSSR count). The average Bonchev–Trinajstić information content (AvgIpc) is 4.11. The Hall–Kier alpha value is -5.50. The van der Waals surface area contributed by atoms with Crippen molar-refractivity contribution in [3.8, 4) is 21.5 Å². The SMILES string of the molecule is CC.CCS(=O)N(Cc1ncc(-c2nnc(C(F)F)o2)s1)c1cncnc1.CN(Cc1ccccc1)S(=O)N(Cc1ncc(-c2nnc(C(F)F)o2)s1)c1cncc(F)c1. The molecule has 0 aliphatic rings. The largest absolute Gasteiger partial charge is 0.414 e. The second-order valence-corrected chi connectivity index (χ2v) is 16.8. The average molecular weight is 911 g/mol. The maximum Gasteiger partial charge on any atom is 0.314 e. The zero-order valence-corrected chi connectivity index (χ0v) is 35.3. The van der Waals surface area contributed by atoms with Crippen molar-refractivity contribution < 1.29 is 39.2 Å². The first-order valence-electron chi connectivity index (χ1n) is 17.6. The lowest BCUT2D eigenvalue weighted by Crippen LogP contribution is -2.36. The lowest BCUT2D eigenvalue weighted by Gasteiger charge is -2.27. The summed E-state index contributed by atoms with van der Waals surface area (Å²) in [5.41, 5.74) is 1.84. The molecule has 0 amide bonds. The Kier molecular flexibility index (Phi) is 16.9. The van der Waals surface area contributed by atoms with Gasteiger partial charge in [-0.25, -0.2) is 37.0 Å². The number of hydrogen-bond donors (Lipinski definition) is 0. The van der Waals surface area contributed by atoms with Crippen molar-refractivity contribution in [3.63, 3.8) is 0 Å². The molecule has 0 spiro atoms. The third-order valence-electron chi connectivity index (χ3n) is 7.35. The Bertz CT molecular complexity index is 2420. The summed E-state index contributed by atoms with van der Waals surface area (Å²) in [6, 6.07) is 10.7. The molecule has 25 heteroatoms. The molecule has 0 aliphatic heterocycles.